The number of amides is 1. The van der Waals surface area contributed by atoms with E-state index in [1.165, 1.54) is 13.1 Å². The van der Waals surface area contributed by atoms with E-state index in [9.17, 15) is 13.2 Å². The summed E-state index contributed by atoms with van der Waals surface area (Å²) < 4.78 is 26.0. The quantitative estimate of drug-likeness (QED) is 0.773. The smallest absolute Gasteiger partial charge is 0.245 e. The number of carbonyl (C=O) groups excluding carboxylic acids is 1. The molecule has 7 heteroatoms. The van der Waals surface area contributed by atoms with E-state index in [4.69, 9.17) is 5.73 Å². The molecule has 20 heavy (non-hydrogen) atoms. The average molecular weight is 297 g/mol. The van der Waals surface area contributed by atoms with Crippen molar-refractivity contribution < 1.29 is 13.2 Å². The molecule has 0 unspecified atom stereocenters. The number of nitrogen functional groups attached to an aromatic ring is 1. The Kier molecular flexibility index (Phi) is 4.01. The molecule has 1 aromatic rings. The zero-order valence-corrected chi connectivity index (χ0v) is 12.4. The molecule has 0 aromatic heterocycles. The normalized spacial score (nSPS) is 15.3. The van der Waals surface area contributed by atoms with Gasteiger partial charge in [-0.2, -0.15) is 4.31 Å². The summed E-state index contributed by atoms with van der Waals surface area (Å²) in [7, 11) is -2.38. The van der Waals surface area contributed by atoms with Gasteiger partial charge in [-0.3, -0.25) is 4.79 Å². The molecular formula is C13H19N3O3S. The minimum atomic E-state index is -3.76. The molecule has 1 aliphatic rings. The van der Waals surface area contributed by atoms with Crippen LogP contribution in [0.5, 0.6) is 0 Å². The fourth-order valence-corrected chi connectivity index (χ4v) is 3.41. The highest BCUT2D eigenvalue weighted by Gasteiger charge is 2.29. The van der Waals surface area contributed by atoms with E-state index in [-0.39, 0.29) is 29.1 Å². The van der Waals surface area contributed by atoms with Crippen molar-refractivity contribution in [2.24, 2.45) is 0 Å². The molecule has 1 amide bonds. The minimum Gasteiger partial charge on any atom is -0.398 e. The third-order valence-corrected chi connectivity index (χ3v) is 5.24. The van der Waals surface area contributed by atoms with Gasteiger partial charge in [0.15, 0.2) is 0 Å². The van der Waals surface area contributed by atoms with Crippen LogP contribution in [0.2, 0.25) is 0 Å². The van der Waals surface area contributed by atoms with Crippen LogP contribution >= 0.6 is 0 Å². The number of aryl methyl sites for hydroxylation is 1. The lowest BCUT2D eigenvalue weighted by molar-refractivity contribution is -0.121. The van der Waals surface area contributed by atoms with Crippen LogP contribution in [-0.4, -0.2) is 38.3 Å². The summed E-state index contributed by atoms with van der Waals surface area (Å²) in [6.07, 6.45) is 1.93. The first-order valence-electron chi connectivity index (χ1n) is 6.43. The number of anilines is 1. The van der Waals surface area contributed by atoms with Crippen molar-refractivity contribution in [3.8, 4) is 0 Å². The van der Waals surface area contributed by atoms with Gasteiger partial charge < -0.3 is 11.1 Å². The molecule has 3 N–H and O–H groups in total. The van der Waals surface area contributed by atoms with Gasteiger partial charge in [0.25, 0.3) is 0 Å². The maximum atomic E-state index is 12.5. The number of nitrogens with one attached hydrogen (secondary N) is 1. The minimum absolute atomic E-state index is 0.0710. The van der Waals surface area contributed by atoms with Gasteiger partial charge in [0.05, 0.1) is 12.2 Å². The first-order valence-corrected chi connectivity index (χ1v) is 7.87. The number of nitrogens with zero attached hydrogens (tertiary/aromatic N) is 1. The number of nitrogens with two attached hydrogens (primary N) is 1. The van der Waals surface area contributed by atoms with Gasteiger partial charge in [0.1, 0.15) is 4.90 Å². The third kappa shape index (κ3) is 3.10. The van der Waals surface area contributed by atoms with Crippen molar-refractivity contribution in [3.63, 3.8) is 0 Å². The summed E-state index contributed by atoms with van der Waals surface area (Å²) in [6, 6.07) is 5.13. The highest BCUT2D eigenvalue weighted by Crippen LogP contribution is 2.25. The molecule has 0 bridgehead atoms. The first kappa shape index (κ1) is 14.8. The summed E-state index contributed by atoms with van der Waals surface area (Å²) in [5.74, 6) is -0.286. The standard InChI is InChI=1S/C13H19N3O3S/c1-9-4-3-5-11(14)13(9)20(18,19)16(2)8-12(17)15-10-6-7-10/h3-5,10H,6-8,14H2,1-2H3,(H,15,17). The van der Waals surface area contributed by atoms with Crippen LogP contribution in [0.4, 0.5) is 5.69 Å². The zero-order chi connectivity index (χ0) is 14.9. The molecule has 6 nitrogen and oxygen atoms in total. The van der Waals surface area contributed by atoms with Crippen LogP contribution in [-0.2, 0) is 14.8 Å². The number of benzene rings is 1. The lowest BCUT2D eigenvalue weighted by Crippen LogP contribution is -2.39. The first-order chi connectivity index (χ1) is 9.32. The monoisotopic (exact) mass is 297 g/mol. The lowest BCUT2D eigenvalue weighted by Gasteiger charge is -2.19. The van der Waals surface area contributed by atoms with Gasteiger partial charge in [-0.15, -0.1) is 0 Å². The molecule has 0 spiro atoms. The Bertz CT molecular complexity index is 603. The third-order valence-electron chi connectivity index (χ3n) is 3.22. The van der Waals surface area contributed by atoms with Crippen molar-refractivity contribution >= 4 is 21.6 Å². The topological polar surface area (TPSA) is 92.5 Å². The lowest BCUT2D eigenvalue weighted by atomic mass is 10.2. The zero-order valence-electron chi connectivity index (χ0n) is 11.6. The van der Waals surface area contributed by atoms with Gasteiger partial charge >= 0.3 is 0 Å². The summed E-state index contributed by atoms with van der Waals surface area (Å²) in [6.45, 7) is 1.48. The summed E-state index contributed by atoms with van der Waals surface area (Å²) in [5, 5.41) is 2.76. The Hall–Kier alpha value is -1.60. The Balaban J connectivity index is 2.18. The highest BCUT2D eigenvalue weighted by atomic mass is 32.2. The van der Waals surface area contributed by atoms with Crippen LogP contribution in [0.3, 0.4) is 0 Å². The molecular weight excluding hydrogens is 278 g/mol. The van der Waals surface area contributed by atoms with E-state index < -0.39 is 10.0 Å². The largest absolute Gasteiger partial charge is 0.398 e. The summed E-state index contributed by atoms with van der Waals surface area (Å²) in [5.41, 5.74) is 6.52. The number of hydrogen-bond donors (Lipinski definition) is 2. The second kappa shape index (κ2) is 5.41. The Morgan fingerprint density at radius 1 is 1.45 bits per heavy atom. The Labute approximate surface area is 119 Å². The number of likely N-dealkylation sites (N-methyl/N-ethyl adjacent to an activating group) is 1. The van der Waals surface area contributed by atoms with E-state index in [0.29, 0.717) is 5.56 Å². The molecule has 1 fully saturated rings. The van der Waals surface area contributed by atoms with E-state index in [2.05, 4.69) is 5.32 Å². The molecule has 0 saturated heterocycles. The molecule has 0 radical (unpaired) electrons. The molecule has 0 atom stereocenters. The Morgan fingerprint density at radius 2 is 2.10 bits per heavy atom. The molecule has 0 aliphatic heterocycles. The number of hydrogen-bond acceptors (Lipinski definition) is 4. The molecule has 2 rings (SSSR count). The number of carbonyl (C=O) groups is 1. The van der Waals surface area contributed by atoms with Crippen LogP contribution in [0, 0.1) is 6.92 Å². The van der Waals surface area contributed by atoms with E-state index >= 15 is 0 Å². The maximum absolute atomic E-state index is 12.5. The molecule has 1 aliphatic carbocycles. The van der Waals surface area contributed by atoms with Crippen molar-refractivity contribution in [2.45, 2.75) is 30.7 Å². The molecule has 0 heterocycles. The average Bonchev–Trinajstić information content (AvgIpc) is 3.11. The van der Waals surface area contributed by atoms with Crippen molar-refractivity contribution in [2.75, 3.05) is 19.3 Å². The second-order valence-corrected chi connectivity index (χ2v) is 7.08. The summed E-state index contributed by atoms with van der Waals surface area (Å²) >= 11 is 0. The predicted octanol–water partition coefficient (Wildman–Crippen LogP) is 0.476. The van der Waals surface area contributed by atoms with Crippen LogP contribution in [0.1, 0.15) is 18.4 Å². The second-order valence-electron chi connectivity index (χ2n) is 5.10. The number of rotatable bonds is 5. The molecule has 110 valence electrons. The van der Waals surface area contributed by atoms with E-state index in [0.717, 1.165) is 17.1 Å². The Morgan fingerprint density at radius 3 is 2.65 bits per heavy atom. The number of sulfonamides is 1. The fraction of sp³-hybridized carbons (Fsp3) is 0.462. The van der Waals surface area contributed by atoms with Crippen LogP contribution in [0.15, 0.2) is 23.1 Å². The highest BCUT2D eigenvalue weighted by molar-refractivity contribution is 7.89. The SMILES string of the molecule is Cc1cccc(N)c1S(=O)(=O)N(C)CC(=O)NC1CC1. The van der Waals surface area contributed by atoms with Crippen molar-refractivity contribution in [3.05, 3.63) is 23.8 Å². The van der Waals surface area contributed by atoms with Crippen LogP contribution in [0.25, 0.3) is 0 Å². The van der Waals surface area contributed by atoms with Crippen molar-refractivity contribution in [1.82, 2.24) is 9.62 Å². The van der Waals surface area contributed by atoms with E-state index in [1.54, 1.807) is 19.1 Å². The predicted molar refractivity (Wildman–Crippen MR) is 76.6 cm³/mol. The fourth-order valence-electron chi connectivity index (χ4n) is 1.97. The molecule has 1 aromatic carbocycles. The summed E-state index contributed by atoms with van der Waals surface area (Å²) in [4.78, 5) is 11.8. The van der Waals surface area contributed by atoms with Gasteiger partial charge in [-0.25, -0.2) is 8.42 Å². The van der Waals surface area contributed by atoms with E-state index in [1.807, 2.05) is 0 Å². The van der Waals surface area contributed by atoms with Gasteiger partial charge in [-0.1, -0.05) is 12.1 Å². The van der Waals surface area contributed by atoms with Crippen LogP contribution < -0.4 is 11.1 Å². The maximum Gasteiger partial charge on any atom is 0.245 e. The van der Waals surface area contributed by atoms with Gasteiger partial charge in [-0.05, 0) is 31.4 Å². The van der Waals surface area contributed by atoms with Crippen molar-refractivity contribution in [1.29, 1.82) is 0 Å². The van der Waals surface area contributed by atoms with Gasteiger partial charge in [0.2, 0.25) is 15.9 Å². The van der Waals surface area contributed by atoms with Gasteiger partial charge in [0, 0.05) is 13.1 Å². The molecule has 1 saturated carbocycles.